The lowest BCUT2D eigenvalue weighted by Crippen LogP contribution is -2.45. The summed E-state index contributed by atoms with van der Waals surface area (Å²) in [6, 6.07) is 0. The van der Waals surface area contributed by atoms with Crippen molar-refractivity contribution in [1.82, 2.24) is 10.2 Å². The smallest absolute Gasteiger partial charge is 0.225 e. The number of carbonyl (C=O) groups is 2. The van der Waals surface area contributed by atoms with Crippen molar-refractivity contribution in [3.63, 3.8) is 0 Å². The number of carbonyl (C=O) groups excluding carboxylic acids is 2. The van der Waals surface area contributed by atoms with Gasteiger partial charge in [-0.25, -0.2) is 0 Å². The van der Waals surface area contributed by atoms with Gasteiger partial charge in [0.2, 0.25) is 11.8 Å². The van der Waals surface area contributed by atoms with Gasteiger partial charge in [0.1, 0.15) is 0 Å². The molecule has 0 saturated carbocycles. The van der Waals surface area contributed by atoms with Gasteiger partial charge in [0.15, 0.2) is 0 Å². The highest BCUT2D eigenvalue weighted by Crippen LogP contribution is 2.19. The van der Waals surface area contributed by atoms with Gasteiger partial charge < -0.3 is 16.0 Å². The number of hydrogen-bond acceptors (Lipinski definition) is 3. The number of nitrogens with one attached hydrogen (secondary N) is 1. The maximum atomic E-state index is 12.3. The predicted molar refractivity (Wildman–Crippen MR) is 93.9 cm³/mol. The molecule has 1 rings (SSSR count). The highest BCUT2D eigenvalue weighted by Gasteiger charge is 2.26. The quantitative estimate of drug-likeness (QED) is 0.672. The molecule has 0 aliphatic carbocycles. The summed E-state index contributed by atoms with van der Waals surface area (Å²) in [5.41, 5.74) is 5.12. The van der Waals surface area contributed by atoms with Crippen LogP contribution in [0.4, 0.5) is 0 Å². The van der Waals surface area contributed by atoms with Crippen LogP contribution in [-0.4, -0.2) is 42.9 Å². The monoisotopic (exact) mass is 325 g/mol. The number of nitrogens with zero attached hydrogens (tertiary/aromatic N) is 1. The molecule has 1 atom stereocenters. The van der Waals surface area contributed by atoms with Crippen molar-refractivity contribution in [2.45, 2.75) is 65.7 Å². The van der Waals surface area contributed by atoms with Crippen LogP contribution >= 0.6 is 0 Å². The van der Waals surface area contributed by atoms with Crippen molar-refractivity contribution in [1.29, 1.82) is 0 Å². The van der Waals surface area contributed by atoms with E-state index < -0.39 is 0 Å². The zero-order chi connectivity index (χ0) is 17.3. The molecule has 1 saturated heterocycles. The Labute approximate surface area is 141 Å². The molecule has 0 bridgehead atoms. The predicted octanol–water partition coefficient (Wildman–Crippen LogP) is 2.30. The van der Waals surface area contributed by atoms with Crippen LogP contribution in [0.15, 0.2) is 0 Å². The van der Waals surface area contributed by atoms with Crippen molar-refractivity contribution in [2.75, 3.05) is 26.2 Å². The van der Waals surface area contributed by atoms with Crippen LogP contribution in [0, 0.1) is 11.3 Å². The fraction of sp³-hybridized carbons (Fsp3) is 0.889. The van der Waals surface area contributed by atoms with Gasteiger partial charge in [0.25, 0.3) is 0 Å². The molecule has 5 nitrogen and oxygen atoms in total. The molecule has 1 aliphatic rings. The van der Waals surface area contributed by atoms with E-state index >= 15 is 0 Å². The summed E-state index contributed by atoms with van der Waals surface area (Å²) < 4.78 is 0. The Morgan fingerprint density at radius 2 is 1.87 bits per heavy atom. The molecule has 3 N–H and O–H groups in total. The second-order valence-electron chi connectivity index (χ2n) is 7.76. The Bertz CT molecular complexity index is 377. The average molecular weight is 325 g/mol. The molecular formula is C18H35N3O2. The number of hydrogen-bond donors (Lipinski definition) is 2. The SMILES string of the molecule is CC(C)(C)C(=O)NCC1CCCN(C(=O)CCCCCCN)C1. The highest BCUT2D eigenvalue weighted by atomic mass is 16.2. The summed E-state index contributed by atoms with van der Waals surface area (Å²) in [4.78, 5) is 26.2. The Kier molecular flexibility index (Phi) is 8.59. The van der Waals surface area contributed by atoms with Gasteiger partial charge in [-0.3, -0.25) is 9.59 Å². The number of piperidine rings is 1. The van der Waals surface area contributed by atoms with Crippen LogP contribution in [0.1, 0.15) is 65.7 Å². The van der Waals surface area contributed by atoms with Gasteiger partial charge in [-0.05, 0) is 38.1 Å². The van der Waals surface area contributed by atoms with E-state index in [0.717, 1.165) is 58.2 Å². The minimum absolute atomic E-state index is 0.0841. The summed E-state index contributed by atoms with van der Waals surface area (Å²) in [7, 11) is 0. The Balaban J connectivity index is 2.28. The lowest BCUT2D eigenvalue weighted by Gasteiger charge is -2.33. The number of likely N-dealkylation sites (tertiary alicyclic amines) is 1. The van der Waals surface area contributed by atoms with Gasteiger partial charge in [-0.2, -0.15) is 0 Å². The van der Waals surface area contributed by atoms with E-state index in [4.69, 9.17) is 5.73 Å². The van der Waals surface area contributed by atoms with E-state index in [9.17, 15) is 9.59 Å². The zero-order valence-corrected chi connectivity index (χ0v) is 15.2. The average Bonchev–Trinajstić information content (AvgIpc) is 2.51. The molecule has 5 heteroatoms. The number of unbranched alkanes of at least 4 members (excludes halogenated alkanes) is 3. The van der Waals surface area contributed by atoms with Crippen LogP contribution < -0.4 is 11.1 Å². The summed E-state index contributed by atoms with van der Waals surface area (Å²) in [5.74, 6) is 0.738. The Morgan fingerprint density at radius 1 is 1.17 bits per heavy atom. The molecule has 134 valence electrons. The first-order valence-corrected chi connectivity index (χ1v) is 9.10. The van der Waals surface area contributed by atoms with Gasteiger partial charge >= 0.3 is 0 Å². The van der Waals surface area contributed by atoms with Gasteiger partial charge in [0, 0.05) is 31.5 Å². The molecule has 2 amide bonds. The molecule has 1 heterocycles. The molecule has 23 heavy (non-hydrogen) atoms. The zero-order valence-electron chi connectivity index (χ0n) is 15.2. The van der Waals surface area contributed by atoms with Gasteiger partial charge in [0.05, 0.1) is 0 Å². The third kappa shape index (κ3) is 7.82. The number of amides is 2. The molecule has 0 radical (unpaired) electrons. The lowest BCUT2D eigenvalue weighted by molar-refractivity contribution is -0.133. The lowest BCUT2D eigenvalue weighted by atomic mass is 9.94. The van der Waals surface area contributed by atoms with E-state index in [1.54, 1.807) is 0 Å². The van der Waals surface area contributed by atoms with Crippen LogP contribution in [0.2, 0.25) is 0 Å². The van der Waals surface area contributed by atoms with Crippen molar-refractivity contribution in [3.8, 4) is 0 Å². The first-order valence-electron chi connectivity index (χ1n) is 9.10. The van der Waals surface area contributed by atoms with Crippen molar-refractivity contribution < 1.29 is 9.59 Å². The van der Waals surface area contributed by atoms with E-state index in [1.807, 2.05) is 25.7 Å². The standard InChI is InChI=1S/C18H35N3O2/c1-18(2,3)17(23)20-13-15-9-8-12-21(14-15)16(22)10-6-4-5-7-11-19/h15H,4-14,19H2,1-3H3,(H,20,23). The minimum atomic E-state index is -0.353. The number of rotatable bonds is 8. The van der Waals surface area contributed by atoms with Crippen LogP contribution in [0.3, 0.4) is 0 Å². The summed E-state index contributed by atoms with van der Waals surface area (Å²) in [6.07, 6.45) is 6.98. The number of nitrogens with two attached hydrogens (primary N) is 1. The van der Waals surface area contributed by atoms with Crippen molar-refractivity contribution in [2.24, 2.45) is 17.1 Å². The van der Waals surface area contributed by atoms with E-state index in [1.165, 1.54) is 0 Å². The van der Waals surface area contributed by atoms with Crippen LogP contribution in [-0.2, 0) is 9.59 Å². The maximum absolute atomic E-state index is 12.3. The third-order valence-corrected chi connectivity index (χ3v) is 4.45. The highest BCUT2D eigenvalue weighted by molar-refractivity contribution is 5.81. The topological polar surface area (TPSA) is 75.4 Å². The molecule has 0 aromatic carbocycles. The Morgan fingerprint density at radius 3 is 2.52 bits per heavy atom. The van der Waals surface area contributed by atoms with Crippen LogP contribution in [0.25, 0.3) is 0 Å². The van der Waals surface area contributed by atoms with Crippen molar-refractivity contribution in [3.05, 3.63) is 0 Å². The molecular weight excluding hydrogens is 290 g/mol. The fourth-order valence-electron chi connectivity index (χ4n) is 2.89. The second kappa shape index (κ2) is 9.91. The van der Waals surface area contributed by atoms with E-state index in [0.29, 0.717) is 18.9 Å². The van der Waals surface area contributed by atoms with Gasteiger partial charge in [-0.1, -0.05) is 33.6 Å². The van der Waals surface area contributed by atoms with E-state index in [-0.39, 0.29) is 17.2 Å². The first-order chi connectivity index (χ1) is 10.8. The summed E-state index contributed by atoms with van der Waals surface area (Å²) in [5, 5.41) is 3.03. The summed E-state index contributed by atoms with van der Waals surface area (Å²) >= 11 is 0. The van der Waals surface area contributed by atoms with E-state index in [2.05, 4.69) is 5.32 Å². The molecule has 1 unspecified atom stereocenters. The molecule has 1 aliphatic heterocycles. The summed E-state index contributed by atoms with van der Waals surface area (Å²) in [6.45, 7) is 8.83. The molecule has 0 aromatic heterocycles. The molecule has 1 fully saturated rings. The Hall–Kier alpha value is -1.10. The van der Waals surface area contributed by atoms with Crippen molar-refractivity contribution >= 4 is 11.8 Å². The van der Waals surface area contributed by atoms with Gasteiger partial charge in [-0.15, -0.1) is 0 Å². The molecule has 0 aromatic rings. The maximum Gasteiger partial charge on any atom is 0.225 e. The fourth-order valence-corrected chi connectivity index (χ4v) is 2.89. The largest absolute Gasteiger partial charge is 0.355 e. The first kappa shape index (κ1) is 19.9. The third-order valence-electron chi connectivity index (χ3n) is 4.45. The second-order valence-corrected chi connectivity index (χ2v) is 7.76. The van der Waals surface area contributed by atoms with Crippen LogP contribution in [0.5, 0.6) is 0 Å². The molecule has 0 spiro atoms. The minimum Gasteiger partial charge on any atom is -0.355 e. The normalized spacial score (nSPS) is 18.8.